The van der Waals surface area contributed by atoms with Gasteiger partial charge < -0.3 is 20.3 Å². The number of hydrogen-bond acceptors (Lipinski definition) is 6. The summed E-state index contributed by atoms with van der Waals surface area (Å²) in [6, 6.07) is 1.89. The predicted molar refractivity (Wildman–Crippen MR) is 74.0 cm³/mol. The average molecular weight is 253 g/mol. The fraction of sp³-hybridized carbons (Fsp3) is 0.667. The van der Waals surface area contributed by atoms with E-state index in [1.807, 2.05) is 34.1 Å². The molecule has 0 saturated carbocycles. The molecule has 0 aliphatic carbocycles. The van der Waals surface area contributed by atoms with Crippen molar-refractivity contribution in [2.24, 2.45) is 0 Å². The highest BCUT2D eigenvalue weighted by Crippen LogP contribution is 2.11. The van der Waals surface area contributed by atoms with Crippen LogP contribution in [-0.4, -0.2) is 55.7 Å². The van der Waals surface area contributed by atoms with E-state index in [4.69, 9.17) is 4.74 Å². The molecule has 1 aromatic heterocycles. The summed E-state index contributed by atoms with van der Waals surface area (Å²) in [5.41, 5.74) is 0. The van der Waals surface area contributed by atoms with E-state index in [0.717, 1.165) is 24.7 Å². The number of hydrogen-bond donors (Lipinski definition) is 2. The molecule has 18 heavy (non-hydrogen) atoms. The zero-order chi connectivity index (χ0) is 13.4. The lowest BCUT2D eigenvalue weighted by molar-refractivity contribution is 0.128. The molecule has 0 aliphatic rings. The summed E-state index contributed by atoms with van der Waals surface area (Å²) in [5, 5.41) is 6.31. The molecular formula is C12H23N5O. The van der Waals surface area contributed by atoms with E-state index >= 15 is 0 Å². The van der Waals surface area contributed by atoms with E-state index in [2.05, 4.69) is 25.5 Å². The lowest BCUT2D eigenvalue weighted by Crippen LogP contribution is -2.21. The van der Waals surface area contributed by atoms with Crippen molar-refractivity contribution in [2.75, 3.05) is 51.5 Å². The zero-order valence-electron chi connectivity index (χ0n) is 11.7. The maximum absolute atomic E-state index is 5.33. The lowest BCUT2D eigenvalue weighted by Gasteiger charge is -2.12. The first-order valence-corrected chi connectivity index (χ1v) is 6.17. The molecule has 6 heteroatoms. The van der Waals surface area contributed by atoms with Gasteiger partial charge in [-0.05, 0) is 21.0 Å². The van der Waals surface area contributed by atoms with Gasteiger partial charge in [0, 0.05) is 32.8 Å². The molecule has 0 fully saturated rings. The average Bonchev–Trinajstić information content (AvgIpc) is 2.35. The van der Waals surface area contributed by atoms with Crippen LogP contribution in [0.15, 0.2) is 6.07 Å². The zero-order valence-corrected chi connectivity index (χ0v) is 11.7. The summed E-state index contributed by atoms with van der Waals surface area (Å²) in [6.07, 6.45) is 0. The highest BCUT2D eigenvalue weighted by molar-refractivity contribution is 5.47. The van der Waals surface area contributed by atoms with Gasteiger partial charge in [-0.3, -0.25) is 0 Å². The number of likely N-dealkylation sites (N-methyl/N-ethyl adjacent to an activating group) is 1. The summed E-state index contributed by atoms with van der Waals surface area (Å²) < 4.78 is 5.33. The maximum atomic E-state index is 5.33. The Morgan fingerprint density at radius 3 is 2.61 bits per heavy atom. The molecular weight excluding hydrogens is 230 g/mol. The molecule has 0 saturated heterocycles. The number of nitrogens with one attached hydrogen (secondary N) is 2. The molecule has 1 rings (SSSR count). The van der Waals surface area contributed by atoms with E-state index < -0.39 is 0 Å². The molecule has 1 aromatic rings. The van der Waals surface area contributed by atoms with Gasteiger partial charge in [0.25, 0.3) is 0 Å². The largest absolute Gasteiger partial charge is 0.374 e. The van der Waals surface area contributed by atoms with E-state index in [1.54, 1.807) is 0 Å². The molecule has 2 N–H and O–H groups in total. The number of aromatic nitrogens is 2. The van der Waals surface area contributed by atoms with Crippen LogP contribution in [0.25, 0.3) is 0 Å². The van der Waals surface area contributed by atoms with Gasteiger partial charge in [-0.2, -0.15) is 0 Å². The quantitative estimate of drug-likeness (QED) is 0.721. The first kappa shape index (κ1) is 14.7. The molecule has 0 atom stereocenters. The van der Waals surface area contributed by atoms with E-state index in [-0.39, 0.29) is 0 Å². The Labute approximate surface area is 109 Å². The van der Waals surface area contributed by atoms with Gasteiger partial charge in [0.1, 0.15) is 18.2 Å². The van der Waals surface area contributed by atoms with Gasteiger partial charge >= 0.3 is 0 Å². The second kappa shape index (κ2) is 7.84. The van der Waals surface area contributed by atoms with Crippen LogP contribution in [0, 0.1) is 0 Å². The Hall–Kier alpha value is -1.40. The fourth-order valence-corrected chi connectivity index (χ4v) is 1.38. The Morgan fingerprint density at radius 1 is 1.28 bits per heavy atom. The Morgan fingerprint density at radius 2 is 2.00 bits per heavy atom. The minimum atomic E-state index is 0.439. The van der Waals surface area contributed by atoms with E-state index in [9.17, 15) is 0 Å². The molecule has 0 aliphatic heterocycles. The number of anilines is 2. The summed E-state index contributed by atoms with van der Waals surface area (Å²) in [5.74, 6) is 2.31. The van der Waals surface area contributed by atoms with Crippen LogP contribution in [0.1, 0.15) is 12.7 Å². The van der Waals surface area contributed by atoms with Gasteiger partial charge in [-0.15, -0.1) is 0 Å². The second-order valence-electron chi connectivity index (χ2n) is 4.17. The van der Waals surface area contributed by atoms with Crippen LogP contribution in [-0.2, 0) is 11.3 Å². The van der Waals surface area contributed by atoms with Crippen molar-refractivity contribution in [3.8, 4) is 0 Å². The van der Waals surface area contributed by atoms with Gasteiger partial charge in [-0.25, -0.2) is 9.97 Å². The first-order chi connectivity index (χ1) is 8.65. The van der Waals surface area contributed by atoms with Gasteiger partial charge in [-0.1, -0.05) is 0 Å². The smallest absolute Gasteiger partial charge is 0.158 e. The van der Waals surface area contributed by atoms with Crippen molar-refractivity contribution in [1.29, 1.82) is 0 Å². The first-order valence-electron chi connectivity index (χ1n) is 6.17. The van der Waals surface area contributed by atoms with Crippen molar-refractivity contribution in [3.05, 3.63) is 11.9 Å². The minimum absolute atomic E-state index is 0.439. The van der Waals surface area contributed by atoms with E-state index in [0.29, 0.717) is 19.0 Å². The molecule has 0 aromatic carbocycles. The number of ether oxygens (including phenoxy) is 1. The topological polar surface area (TPSA) is 62.3 Å². The molecule has 0 unspecified atom stereocenters. The van der Waals surface area contributed by atoms with Gasteiger partial charge in [0.2, 0.25) is 0 Å². The molecule has 0 amide bonds. The highest BCUT2D eigenvalue weighted by Gasteiger charge is 2.03. The number of rotatable bonds is 8. The Kier molecular flexibility index (Phi) is 6.38. The lowest BCUT2D eigenvalue weighted by atomic mass is 10.4. The summed E-state index contributed by atoms with van der Waals surface area (Å²) >= 11 is 0. The third-order valence-electron chi connectivity index (χ3n) is 2.33. The standard InChI is InChI=1S/C12H23N5O/c1-5-18-9-12-15-10(13-2)8-11(16-12)14-6-7-17(3)4/h8H,5-7,9H2,1-4H3,(H2,13,14,15,16). The van der Waals surface area contributed by atoms with Crippen LogP contribution >= 0.6 is 0 Å². The molecule has 0 spiro atoms. The third-order valence-corrected chi connectivity index (χ3v) is 2.33. The molecule has 0 bridgehead atoms. The van der Waals surface area contributed by atoms with Crippen molar-refractivity contribution in [1.82, 2.24) is 14.9 Å². The highest BCUT2D eigenvalue weighted by atomic mass is 16.5. The van der Waals surface area contributed by atoms with Crippen molar-refractivity contribution >= 4 is 11.6 Å². The van der Waals surface area contributed by atoms with Crippen LogP contribution in [0.3, 0.4) is 0 Å². The van der Waals surface area contributed by atoms with Gasteiger partial charge in [0.15, 0.2) is 5.82 Å². The van der Waals surface area contributed by atoms with Crippen molar-refractivity contribution in [3.63, 3.8) is 0 Å². The van der Waals surface area contributed by atoms with Gasteiger partial charge in [0.05, 0.1) is 0 Å². The summed E-state index contributed by atoms with van der Waals surface area (Å²) in [6.45, 7) is 4.87. The van der Waals surface area contributed by atoms with Crippen molar-refractivity contribution in [2.45, 2.75) is 13.5 Å². The van der Waals surface area contributed by atoms with Crippen molar-refractivity contribution < 1.29 is 4.74 Å². The Bertz CT molecular complexity index is 356. The normalized spacial score (nSPS) is 10.7. The molecule has 102 valence electrons. The monoisotopic (exact) mass is 253 g/mol. The van der Waals surface area contributed by atoms with Crippen LogP contribution in [0.5, 0.6) is 0 Å². The SMILES string of the molecule is CCOCc1nc(NC)cc(NCCN(C)C)n1. The molecule has 0 radical (unpaired) electrons. The minimum Gasteiger partial charge on any atom is -0.374 e. The second-order valence-corrected chi connectivity index (χ2v) is 4.17. The maximum Gasteiger partial charge on any atom is 0.158 e. The van der Waals surface area contributed by atoms with Crippen LogP contribution < -0.4 is 10.6 Å². The van der Waals surface area contributed by atoms with E-state index in [1.165, 1.54) is 0 Å². The van der Waals surface area contributed by atoms with Crippen LogP contribution in [0.4, 0.5) is 11.6 Å². The number of nitrogens with zero attached hydrogens (tertiary/aromatic N) is 3. The Balaban J connectivity index is 2.64. The fourth-order valence-electron chi connectivity index (χ4n) is 1.38. The third kappa shape index (κ3) is 5.29. The molecule has 6 nitrogen and oxygen atoms in total. The molecule has 1 heterocycles. The summed E-state index contributed by atoms with van der Waals surface area (Å²) in [7, 11) is 5.93. The predicted octanol–water partition coefficient (Wildman–Crippen LogP) is 1.03. The summed E-state index contributed by atoms with van der Waals surface area (Å²) in [4.78, 5) is 10.9. The van der Waals surface area contributed by atoms with Crippen LogP contribution in [0.2, 0.25) is 0 Å².